The summed E-state index contributed by atoms with van der Waals surface area (Å²) in [6.45, 7) is 2.64. The van der Waals surface area contributed by atoms with Gasteiger partial charge in [-0.1, -0.05) is 6.08 Å². The molecule has 0 aliphatic carbocycles. The van der Waals surface area contributed by atoms with Crippen molar-refractivity contribution in [2.24, 2.45) is 0 Å². The zero-order valence-electron chi connectivity index (χ0n) is 9.44. The average molecular weight is 216 g/mol. The molecule has 3 nitrogen and oxygen atoms in total. The molecule has 2 rings (SSSR count). The molecule has 0 aromatic heterocycles. The molecular formula is C13H16N2O. The van der Waals surface area contributed by atoms with E-state index in [9.17, 15) is 4.79 Å². The van der Waals surface area contributed by atoms with Gasteiger partial charge in [-0.3, -0.25) is 4.79 Å². The molecule has 0 spiro atoms. The van der Waals surface area contributed by atoms with Crippen molar-refractivity contribution in [1.29, 1.82) is 0 Å². The van der Waals surface area contributed by atoms with Crippen LogP contribution in [0.2, 0.25) is 0 Å². The number of amides is 1. The number of anilines is 2. The minimum Gasteiger partial charge on any atom is -0.399 e. The number of nitrogen functional groups attached to an aromatic ring is 1. The van der Waals surface area contributed by atoms with E-state index in [0.717, 1.165) is 30.8 Å². The van der Waals surface area contributed by atoms with Crippen LogP contribution in [0.5, 0.6) is 0 Å². The zero-order chi connectivity index (χ0) is 11.5. The van der Waals surface area contributed by atoms with Crippen LogP contribution in [-0.2, 0) is 11.2 Å². The molecule has 1 amide bonds. The van der Waals surface area contributed by atoms with Crippen LogP contribution in [0.25, 0.3) is 0 Å². The van der Waals surface area contributed by atoms with Gasteiger partial charge in [0.2, 0.25) is 0 Å². The maximum absolute atomic E-state index is 11.9. The van der Waals surface area contributed by atoms with Crippen molar-refractivity contribution in [3.8, 4) is 0 Å². The summed E-state index contributed by atoms with van der Waals surface area (Å²) >= 11 is 0. The summed E-state index contributed by atoms with van der Waals surface area (Å²) in [5.74, 6) is 0.0493. The first-order chi connectivity index (χ1) is 7.72. The van der Waals surface area contributed by atoms with Crippen molar-refractivity contribution in [3.63, 3.8) is 0 Å². The molecule has 0 saturated heterocycles. The highest BCUT2D eigenvalue weighted by Gasteiger charge is 2.20. The number of hydrogen-bond donors (Lipinski definition) is 1. The van der Waals surface area contributed by atoms with Gasteiger partial charge in [0.15, 0.2) is 0 Å². The lowest BCUT2D eigenvalue weighted by atomic mass is 10.0. The lowest BCUT2D eigenvalue weighted by Gasteiger charge is -2.28. The van der Waals surface area contributed by atoms with Crippen molar-refractivity contribution in [2.45, 2.75) is 19.8 Å². The van der Waals surface area contributed by atoms with Crippen molar-refractivity contribution >= 4 is 17.3 Å². The minimum absolute atomic E-state index is 0.0493. The topological polar surface area (TPSA) is 46.3 Å². The Balaban J connectivity index is 2.36. The van der Waals surface area contributed by atoms with Crippen molar-refractivity contribution in [1.82, 2.24) is 0 Å². The van der Waals surface area contributed by atoms with Gasteiger partial charge >= 0.3 is 0 Å². The Bertz CT molecular complexity index is 438. The second kappa shape index (κ2) is 4.39. The molecule has 0 bridgehead atoms. The number of carbonyl (C=O) groups is 1. The van der Waals surface area contributed by atoms with Crippen molar-refractivity contribution in [3.05, 3.63) is 35.9 Å². The van der Waals surface area contributed by atoms with Crippen LogP contribution in [0.15, 0.2) is 30.4 Å². The van der Waals surface area contributed by atoms with Gasteiger partial charge in [-0.15, -0.1) is 0 Å². The van der Waals surface area contributed by atoms with E-state index in [-0.39, 0.29) is 5.91 Å². The van der Waals surface area contributed by atoms with Gasteiger partial charge in [-0.2, -0.15) is 0 Å². The van der Waals surface area contributed by atoms with E-state index in [1.807, 2.05) is 30.0 Å². The van der Waals surface area contributed by atoms with Gasteiger partial charge in [0.25, 0.3) is 5.91 Å². The number of carbonyl (C=O) groups excluding carboxylic acids is 1. The molecule has 0 radical (unpaired) electrons. The highest BCUT2D eigenvalue weighted by atomic mass is 16.2. The molecule has 0 unspecified atom stereocenters. The van der Waals surface area contributed by atoms with Gasteiger partial charge in [-0.05, 0) is 49.6 Å². The second-order valence-electron chi connectivity index (χ2n) is 3.98. The Labute approximate surface area is 95.6 Å². The summed E-state index contributed by atoms with van der Waals surface area (Å²) in [6.07, 6.45) is 5.37. The van der Waals surface area contributed by atoms with Gasteiger partial charge in [0.05, 0.1) is 0 Å². The van der Waals surface area contributed by atoms with E-state index in [1.165, 1.54) is 5.56 Å². The number of nitrogens with zero attached hydrogens (tertiary/aromatic N) is 1. The first kappa shape index (κ1) is 10.7. The third-order valence-corrected chi connectivity index (χ3v) is 2.80. The number of aryl methyl sites for hydroxylation is 1. The Morgan fingerprint density at radius 1 is 1.50 bits per heavy atom. The van der Waals surface area contributed by atoms with Crippen LogP contribution >= 0.6 is 0 Å². The zero-order valence-corrected chi connectivity index (χ0v) is 9.44. The highest BCUT2D eigenvalue weighted by Crippen LogP contribution is 2.28. The third kappa shape index (κ3) is 1.94. The first-order valence-corrected chi connectivity index (χ1v) is 5.55. The fraction of sp³-hybridized carbons (Fsp3) is 0.308. The van der Waals surface area contributed by atoms with Gasteiger partial charge < -0.3 is 10.6 Å². The molecule has 1 aliphatic rings. The maximum atomic E-state index is 11.9. The number of hydrogen-bond acceptors (Lipinski definition) is 2. The van der Waals surface area contributed by atoms with E-state index in [2.05, 4.69) is 0 Å². The fourth-order valence-electron chi connectivity index (χ4n) is 2.08. The van der Waals surface area contributed by atoms with Crippen LogP contribution in [0, 0.1) is 0 Å². The van der Waals surface area contributed by atoms with Crippen LogP contribution in [0.3, 0.4) is 0 Å². The Morgan fingerprint density at radius 3 is 3.06 bits per heavy atom. The Kier molecular flexibility index (Phi) is 2.95. The van der Waals surface area contributed by atoms with Crippen LogP contribution in [0.4, 0.5) is 11.4 Å². The third-order valence-electron chi connectivity index (χ3n) is 2.80. The van der Waals surface area contributed by atoms with E-state index >= 15 is 0 Å². The number of fused-ring (bicyclic) bond motifs is 1. The fourth-order valence-corrected chi connectivity index (χ4v) is 2.08. The molecule has 1 aromatic carbocycles. The maximum Gasteiger partial charge on any atom is 0.250 e. The standard InChI is InChI=1S/C13H16N2O/c1-2-4-13(16)15-8-3-5-10-9-11(14)6-7-12(10)15/h2,4,6-7,9H,3,5,8,14H2,1H3. The lowest BCUT2D eigenvalue weighted by Crippen LogP contribution is -2.34. The quantitative estimate of drug-likeness (QED) is 0.577. The van der Waals surface area contributed by atoms with E-state index in [1.54, 1.807) is 12.2 Å². The molecular weight excluding hydrogens is 200 g/mol. The summed E-state index contributed by atoms with van der Waals surface area (Å²) in [5.41, 5.74) is 8.68. The molecule has 0 saturated carbocycles. The largest absolute Gasteiger partial charge is 0.399 e. The predicted octanol–water partition coefficient (Wildman–Crippen LogP) is 2.12. The predicted molar refractivity (Wildman–Crippen MR) is 66.3 cm³/mol. The van der Waals surface area contributed by atoms with E-state index < -0.39 is 0 Å². The lowest BCUT2D eigenvalue weighted by molar-refractivity contribution is -0.114. The molecule has 2 N–H and O–H groups in total. The SMILES string of the molecule is CC=CC(=O)N1CCCc2cc(N)ccc21. The van der Waals surface area contributed by atoms with Gasteiger partial charge in [0.1, 0.15) is 0 Å². The second-order valence-corrected chi connectivity index (χ2v) is 3.98. The summed E-state index contributed by atoms with van der Waals surface area (Å²) < 4.78 is 0. The van der Waals surface area contributed by atoms with Gasteiger partial charge in [-0.25, -0.2) is 0 Å². The average Bonchev–Trinajstić information content (AvgIpc) is 2.28. The van der Waals surface area contributed by atoms with Crippen LogP contribution in [0.1, 0.15) is 18.9 Å². The molecule has 16 heavy (non-hydrogen) atoms. The summed E-state index contributed by atoms with van der Waals surface area (Å²) in [4.78, 5) is 13.7. The van der Waals surface area contributed by atoms with E-state index in [0.29, 0.717) is 0 Å². The monoisotopic (exact) mass is 216 g/mol. The first-order valence-electron chi connectivity index (χ1n) is 5.55. The molecule has 0 atom stereocenters. The number of benzene rings is 1. The minimum atomic E-state index is 0.0493. The summed E-state index contributed by atoms with van der Waals surface area (Å²) in [7, 11) is 0. The molecule has 3 heteroatoms. The Hall–Kier alpha value is -1.77. The molecule has 1 heterocycles. The molecule has 0 fully saturated rings. The number of allylic oxidation sites excluding steroid dienone is 1. The molecule has 84 valence electrons. The smallest absolute Gasteiger partial charge is 0.250 e. The van der Waals surface area contributed by atoms with E-state index in [4.69, 9.17) is 5.73 Å². The molecule has 1 aliphatic heterocycles. The number of nitrogens with two attached hydrogens (primary N) is 1. The summed E-state index contributed by atoms with van der Waals surface area (Å²) in [6, 6.07) is 5.75. The highest BCUT2D eigenvalue weighted by molar-refractivity contribution is 6.02. The Morgan fingerprint density at radius 2 is 2.31 bits per heavy atom. The van der Waals surface area contributed by atoms with Crippen molar-refractivity contribution in [2.75, 3.05) is 17.2 Å². The normalized spacial score (nSPS) is 15.2. The van der Waals surface area contributed by atoms with Crippen LogP contribution in [-0.4, -0.2) is 12.5 Å². The summed E-state index contributed by atoms with van der Waals surface area (Å²) in [5, 5.41) is 0. The number of rotatable bonds is 1. The van der Waals surface area contributed by atoms with Gasteiger partial charge in [0, 0.05) is 17.9 Å². The van der Waals surface area contributed by atoms with Crippen molar-refractivity contribution < 1.29 is 4.79 Å². The van der Waals surface area contributed by atoms with Crippen LogP contribution < -0.4 is 10.6 Å². The molecule has 1 aromatic rings.